The number of hydrogen-bond acceptors (Lipinski definition) is 4. The number of benzene rings is 2. The minimum absolute atomic E-state index is 0.0571. The third-order valence-corrected chi connectivity index (χ3v) is 7.30. The monoisotopic (exact) mass is 409 g/mol. The molecule has 1 aliphatic heterocycles. The van der Waals surface area contributed by atoms with Gasteiger partial charge in [-0.05, 0) is 73.6 Å². The Labute approximate surface area is 171 Å². The first-order valence-corrected chi connectivity index (χ1v) is 11.4. The normalized spacial score (nSPS) is 16.0. The van der Waals surface area contributed by atoms with E-state index in [-0.39, 0.29) is 11.2 Å². The van der Waals surface area contributed by atoms with Crippen LogP contribution in [0.3, 0.4) is 0 Å². The summed E-state index contributed by atoms with van der Waals surface area (Å²) in [5.41, 5.74) is 4.08. The lowest BCUT2D eigenvalue weighted by molar-refractivity contribution is -0.118. The second-order valence-corrected chi connectivity index (χ2v) is 9.61. The number of anilines is 2. The zero-order chi connectivity index (χ0) is 20.4. The van der Waals surface area contributed by atoms with Crippen LogP contribution in [0, 0.1) is 11.3 Å². The fraction of sp³-hybridized carbons (Fsp3) is 0.364. The molecule has 0 atom stereocenters. The van der Waals surface area contributed by atoms with Crippen molar-refractivity contribution in [2.75, 3.05) is 16.2 Å². The Kier molecular flexibility index (Phi) is 5.29. The number of nitrogens with one attached hydrogen (secondary N) is 1. The van der Waals surface area contributed by atoms with E-state index in [1.54, 1.807) is 18.2 Å². The summed E-state index contributed by atoms with van der Waals surface area (Å²) in [6, 6.07) is 14.8. The minimum atomic E-state index is -3.29. The molecule has 0 saturated heterocycles. The van der Waals surface area contributed by atoms with E-state index >= 15 is 0 Å². The molecule has 1 fully saturated rings. The largest absolute Gasteiger partial charge is 0.312 e. The van der Waals surface area contributed by atoms with Crippen LogP contribution in [0.15, 0.2) is 42.5 Å². The zero-order valence-corrected chi connectivity index (χ0v) is 16.9. The third kappa shape index (κ3) is 4.43. The second kappa shape index (κ2) is 7.88. The molecule has 1 heterocycles. The first kappa shape index (κ1) is 19.5. The standard InChI is InChI=1S/C22H23N3O3S/c23-15-17-5-3-16(4-6-17)7-12-22(26)25-13-1-2-18-14-19(8-11-21(18)25)24-29(27,28)20-9-10-20/h3-6,8,11,14,20,24H,1-2,7,9-10,12-13H2. The molecule has 0 spiro atoms. The Morgan fingerprint density at radius 3 is 2.62 bits per heavy atom. The number of carbonyl (C=O) groups excluding carboxylic acids is 1. The van der Waals surface area contributed by atoms with E-state index in [2.05, 4.69) is 10.8 Å². The number of carbonyl (C=O) groups is 1. The summed E-state index contributed by atoms with van der Waals surface area (Å²) >= 11 is 0. The maximum absolute atomic E-state index is 12.8. The van der Waals surface area contributed by atoms with Crippen molar-refractivity contribution in [2.24, 2.45) is 0 Å². The lowest BCUT2D eigenvalue weighted by Crippen LogP contribution is -2.35. The van der Waals surface area contributed by atoms with E-state index in [0.717, 1.165) is 42.5 Å². The van der Waals surface area contributed by atoms with Crippen molar-refractivity contribution in [3.8, 4) is 6.07 Å². The van der Waals surface area contributed by atoms with Crippen LogP contribution in [-0.2, 0) is 27.7 Å². The van der Waals surface area contributed by atoms with E-state index in [0.29, 0.717) is 30.6 Å². The smallest absolute Gasteiger partial charge is 0.235 e. The van der Waals surface area contributed by atoms with Gasteiger partial charge in [0, 0.05) is 24.3 Å². The molecule has 1 saturated carbocycles. The number of sulfonamides is 1. The highest BCUT2D eigenvalue weighted by molar-refractivity contribution is 7.93. The predicted octanol–water partition coefficient (Wildman–Crippen LogP) is 3.37. The van der Waals surface area contributed by atoms with Crippen molar-refractivity contribution in [1.82, 2.24) is 0 Å². The number of hydrogen-bond donors (Lipinski definition) is 1. The third-order valence-electron chi connectivity index (χ3n) is 5.43. The Balaban J connectivity index is 1.44. The fourth-order valence-electron chi connectivity index (χ4n) is 3.68. The maximum atomic E-state index is 12.8. The molecule has 6 nitrogen and oxygen atoms in total. The van der Waals surface area contributed by atoms with Crippen LogP contribution in [0.4, 0.5) is 11.4 Å². The number of fused-ring (bicyclic) bond motifs is 1. The molecule has 0 bridgehead atoms. The molecule has 7 heteroatoms. The van der Waals surface area contributed by atoms with Gasteiger partial charge in [0.05, 0.1) is 16.9 Å². The highest BCUT2D eigenvalue weighted by Gasteiger charge is 2.36. The van der Waals surface area contributed by atoms with Crippen molar-refractivity contribution in [2.45, 2.75) is 43.8 Å². The number of nitrogens with zero attached hydrogens (tertiary/aromatic N) is 2. The maximum Gasteiger partial charge on any atom is 0.235 e. The van der Waals surface area contributed by atoms with Crippen LogP contribution in [0.2, 0.25) is 0 Å². The SMILES string of the molecule is N#Cc1ccc(CCC(=O)N2CCCc3cc(NS(=O)(=O)C4CC4)ccc32)cc1. The Hall–Kier alpha value is -2.85. The van der Waals surface area contributed by atoms with E-state index in [1.807, 2.05) is 29.2 Å². The van der Waals surface area contributed by atoms with Crippen LogP contribution in [0.25, 0.3) is 0 Å². The molecular weight excluding hydrogens is 386 g/mol. The summed E-state index contributed by atoms with van der Waals surface area (Å²) in [6.45, 7) is 0.673. The van der Waals surface area contributed by atoms with E-state index in [9.17, 15) is 13.2 Å². The number of aryl methyl sites for hydroxylation is 2. The van der Waals surface area contributed by atoms with Gasteiger partial charge >= 0.3 is 0 Å². The molecule has 2 aliphatic rings. The summed E-state index contributed by atoms with van der Waals surface area (Å²) in [7, 11) is -3.29. The van der Waals surface area contributed by atoms with Crippen molar-refractivity contribution < 1.29 is 13.2 Å². The molecule has 1 amide bonds. The number of nitriles is 1. The lowest BCUT2D eigenvalue weighted by Gasteiger charge is -2.30. The Morgan fingerprint density at radius 2 is 1.93 bits per heavy atom. The highest BCUT2D eigenvalue weighted by atomic mass is 32.2. The minimum Gasteiger partial charge on any atom is -0.312 e. The van der Waals surface area contributed by atoms with E-state index in [1.165, 1.54) is 0 Å². The predicted molar refractivity (Wildman–Crippen MR) is 112 cm³/mol. The molecule has 1 N–H and O–H groups in total. The summed E-state index contributed by atoms with van der Waals surface area (Å²) in [4.78, 5) is 14.6. The molecule has 1 aliphatic carbocycles. The summed E-state index contributed by atoms with van der Waals surface area (Å²) in [6.07, 6.45) is 4.14. The first-order chi connectivity index (χ1) is 14.0. The highest BCUT2D eigenvalue weighted by Crippen LogP contribution is 2.33. The van der Waals surface area contributed by atoms with Gasteiger partial charge in [0.2, 0.25) is 15.9 Å². The Morgan fingerprint density at radius 1 is 1.17 bits per heavy atom. The van der Waals surface area contributed by atoms with E-state index in [4.69, 9.17) is 5.26 Å². The molecule has 0 unspecified atom stereocenters. The van der Waals surface area contributed by atoms with Crippen LogP contribution in [0.5, 0.6) is 0 Å². The molecule has 2 aromatic carbocycles. The molecule has 0 aromatic heterocycles. The van der Waals surface area contributed by atoms with Gasteiger partial charge in [0.25, 0.3) is 0 Å². The fourth-order valence-corrected chi connectivity index (χ4v) is 5.06. The van der Waals surface area contributed by atoms with Gasteiger partial charge in [-0.1, -0.05) is 12.1 Å². The summed E-state index contributed by atoms with van der Waals surface area (Å²) in [5, 5.41) is 8.61. The van der Waals surface area contributed by atoms with Gasteiger partial charge in [-0.2, -0.15) is 5.26 Å². The Bertz CT molecular complexity index is 1070. The van der Waals surface area contributed by atoms with Crippen molar-refractivity contribution in [1.29, 1.82) is 5.26 Å². The number of amides is 1. The van der Waals surface area contributed by atoms with Gasteiger partial charge in [-0.15, -0.1) is 0 Å². The molecule has 29 heavy (non-hydrogen) atoms. The molecule has 4 rings (SSSR count). The average Bonchev–Trinajstić information content (AvgIpc) is 3.57. The average molecular weight is 410 g/mol. The molecule has 2 aromatic rings. The van der Waals surface area contributed by atoms with Crippen LogP contribution >= 0.6 is 0 Å². The van der Waals surface area contributed by atoms with Crippen molar-refractivity contribution >= 4 is 27.3 Å². The van der Waals surface area contributed by atoms with Crippen molar-refractivity contribution in [3.05, 3.63) is 59.2 Å². The second-order valence-electron chi connectivity index (χ2n) is 7.65. The topological polar surface area (TPSA) is 90.3 Å². The van der Waals surface area contributed by atoms with Gasteiger partial charge in [0.1, 0.15) is 0 Å². The first-order valence-electron chi connectivity index (χ1n) is 9.90. The molecular formula is C22H23N3O3S. The quantitative estimate of drug-likeness (QED) is 0.792. The van der Waals surface area contributed by atoms with Crippen LogP contribution in [-0.4, -0.2) is 26.1 Å². The van der Waals surface area contributed by atoms with Gasteiger partial charge < -0.3 is 4.90 Å². The molecule has 0 radical (unpaired) electrons. The molecule has 150 valence electrons. The van der Waals surface area contributed by atoms with Gasteiger partial charge in [-0.25, -0.2) is 8.42 Å². The number of rotatable bonds is 6. The van der Waals surface area contributed by atoms with Crippen LogP contribution in [0.1, 0.15) is 42.4 Å². The van der Waals surface area contributed by atoms with Crippen LogP contribution < -0.4 is 9.62 Å². The van der Waals surface area contributed by atoms with E-state index < -0.39 is 10.0 Å². The van der Waals surface area contributed by atoms with Crippen molar-refractivity contribution in [3.63, 3.8) is 0 Å². The van der Waals surface area contributed by atoms with Gasteiger partial charge in [0.15, 0.2) is 0 Å². The summed E-state index contributed by atoms with van der Waals surface area (Å²) < 4.78 is 27.0. The lowest BCUT2D eigenvalue weighted by atomic mass is 10.00. The zero-order valence-electron chi connectivity index (χ0n) is 16.1. The summed E-state index contributed by atoms with van der Waals surface area (Å²) in [5.74, 6) is 0.0571. The van der Waals surface area contributed by atoms with Gasteiger partial charge in [-0.3, -0.25) is 9.52 Å².